The summed E-state index contributed by atoms with van der Waals surface area (Å²) in [6, 6.07) is 28.2. The summed E-state index contributed by atoms with van der Waals surface area (Å²) in [4.78, 5) is 18.7. The van der Waals surface area contributed by atoms with E-state index in [4.69, 9.17) is 9.47 Å². The molecule has 3 N–H and O–H groups in total. The lowest BCUT2D eigenvalue weighted by Gasteiger charge is -2.39. The molecule has 8 heteroatoms. The third kappa shape index (κ3) is 7.28. The predicted octanol–water partition coefficient (Wildman–Crippen LogP) is 5.43. The van der Waals surface area contributed by atoms with Crippen LogP contribution in [0, 0.1) is 0 Å². The maximum Gasteiger partial charge on any atom is 0.257 e. The van der Waals surface area contributed by atoms with Crippen LogP contribution in [0.1, 0.15) is 64.5 Å². The van der Waals surface area contributed by atoms with Crippen LogP contribution in [0.2, 0.25) is 0 Å². The zero-order chi connectivity index (χ0) is 29.5. The van der Waals surface area contributed by atoms with Crippen molar-refractivity contribution >= 4 is 11.6 Å². The van der Waals surface area contributed by atoms with Crippen molar-refractivity contribution in [2.75, 3.05) is 18.9 Å². The van der Waals surface area contributed by atoms with Gasteiger partial charge in [0.15, 0.2) is 6.29 Å². The molecule has 3 aromatic carbocycles. The molecular formula is C34H37N3O5. The van der Waals surface area contributed by atoms with Gasteiger partial charge in [0.1, 0.15) is 0 Å². The van der Waals surface area contributed by atoms with Gasteiger partial charge in [-0.15, -0.1) is 0 Å². The molecule has 2 heterocycles. The number of ether oxygens (including phenoxy) is 2. The highest BCUT2D eigenvalue weighted by Gasteiger charge is 2.34. The average molecular weight is 568 g/mol. The van der Waals surface area contributed by atoms with E-state index < -0.39 is 12.4 Å². The van der Waals surface area contributed by atoms with Crippen LogP contribution in [0.3, 0.4) is 0 Å². The number of likely N-dealkylation sites (N-methyl/N-ethyl adjacent to an activating group) is 1. The van der Waals surface area contributed by atoms with Crippen LogP contribution in [0.25, 0.3) is 0 Å². The maximum absolute atomic E-state index is 12.5. The Hall–Kier alpha value is -3.92. The molecule has 1 amide bonds. The maximum atomic E-state index is 12.5. The molecule has 218 valence electrons. The number of rotatable bonds is 10. The van der Waals surface area contributed by atoms with Gasteiger partial charge in [0, 0.05) is 42.7 Å². The molecule has 5 atom stereocenters. The first-order chi connectivity index (χ1) is 20.4. The minimum Gasteiger partial charge on any atom is -0.392 e. The minimum atomic E-state index is -0.636. The fourth-order valence-corrected chi connectivity index (χ4v) is 5.11. The summed E-state index contributed by atoms with van der Waals surface area (Å²) in [5.74, 6) is -0.234. The fraction of sp³-hybridized carbons (Fsp3) is 0.294. The van der Waals surface area contributed by atoms with E-state index in [9.17, 15) is 15.0 Å². The number of benzene rings is 3. The van der Waals surface area contributed by atoms with Crippen molar-refractivity contribution in [3.8, 4) is 0 Å². The van der Waals surface area contributed by atoms with E-state index in [1.165, 1.54) is 6.20 Å². The van der Waals surface area contributed by atoms with Gasteiger partial charge in [0.05, 0.1) is 30.5 Å². The van der Waals surface area contributed by atoms with Gasteiger partial charge in [0.25, 0.3) is 5.91 Å². The first kappa shape index (κ1) is 29.6. The van der Waals surface area contributed by atoms with E-state index in [0.29, 0.717) is 24.2 Å². The Morgan fingerprint density at radius 2 is 1.69 bits per heavy atom. The van der Waals surface area contributed by atoms with E-state index in [2.05, 4.69) is 15.2 Å². The molecular weight excluding hydrogens is 530 g/mol. The van der Waals surface area contributed by atoms with E-state index in [-0.39, 0.29) is 30.8 Å². The van der Waals surface area contributed by atoms with Crippen LogP contribution in [0.15, 0.2) is 103 Å². The number of nitrogens with zero attached hydrogens (tertiary/aromatic N) is 2. The molecule has 1 aliphatic heterocycles. The highest BCUT2D eigenvalue weighted by Crippen LogP contribution is 2.38. The lowest BCUT2D eigenvalue weighted by Crippen LogP contribution is -2.43. The third-order valence-electron chi connectivity index (χ3n) is 7.76. The molecule has 1 aromatic heterocycles. The Labute approximate surface area is 246 Å². The number of carbonyl (C=O) groups is 1. The topological polar surface area (TPSA) is 104 Å². The third-order valence-corrected chi connectivity index (χ3v) is 7.76. The van der Waals surface area contributed by atoms with Crippen molar-refractivity contribution in [2.45, 2.75) is 50.6 Å². The van der Waals surface area contributed by atoms with Gasteiger partial charge in [-0.3, -0.25) is 14.7 Å². The summed E-state index contributed by atoms with van der Waals surface area (Å²) in [5.41, 5.74) is 4.68. The van der Waals surface area contributed by atoms with Crippen molar-refractivity contribution in [3.63, 3.8) is 0 Å². The summed E-state index contributed by atoms with van der Waals surface area (Å²) in [6.45, 7) is 2.59. The Morgan fingerprint density at radius 1 is 0.976 bits per heavy atom. The van der Waals surface area contributed by atoms with Crippen molar-refractivity contribution in [1.82, 2.24) is 9.88 Å². The molecule has 0 saturated carbocycles. The highest BCUT2D eigenvalue weighted by molar-refractivity contribution is 6.04. The Kier molecular flexibility index (Phi) is 9.74. The molecule has 4 aromatic rings. The number of aliphatic hydroxyl groups excluding tert-OH is 2. The average Bonchev–Trinajstić information content (AvgIpc) is 3.05. The number of aromatic nitrogens is 1. The summed E-state index contributed by atoms with van der Waals surface area (Å²) in [5, 5.41) is 23.4. The van der Waals surface area contributed by atoms with E-state index in [1.807, 2.05) is 92.8 Å². The Balaban J connectivity index is 1.31. The second-order valence-electron chi connectivity index (χ2n) is 10.7. The van der Waals surface area contributed by atoms with E-state index in [1.54, 1.807) is 18.3 Å². The van der Waals surface area contributed by atoms with Crippen LogP contribution in [-0.4, -0.2) is 51.7 Å². The van der Waals surface area contributed by atoms with Crippen molar-refractivity contribution in [2.24, 2.45) is 0 Å². The molecule has 8 nitrogen and oxygen atoms in total. The molecule has 0 unspecified atom stereocenters. The van der Waals surface area contributed by atoms with Gasteiger partial charge >= 0.3 is 0 Å². The summed E-state index contributed by atoms with van der Waals surface area (Å²) in [7, 11) is 2.00. The van der Waals surface area contributed by atoms with Crippen LogP contribution in [0.5, 0.6) is 0 Å². The van der Waals surface area contributed by atoms with Crippen LogP contribution in [-0.2, 0) is 16.1 Å². The second kappa shape index (κ2) is 13.8. The molecule has 5 rings (SSSR count). The standard InChI is InChI=1S/C34H37N3O5/c1-23(32(39)26-7-4-3-5-8-26)37(2)21-30-19-31(25-12-10-24(22-38)11-13-25)42-34(41-30)27-14-16-29(17-15-27)36-33(40)28-9-6-18-35-20-28/h3-18,20,23,30-32,34,38-39H,19,21-22H2,1-2H3,(H,36,40)/t23-,30+,31-,32-,34-/m0/s1. The number of hydrogen-bond acceptors (Lipinski definition) is 7. The van der Waals surface area contributed by atoms with Gasteiger partial charge < -0.3 is 25.0 Å². The number of aliphatic hydroxyl groups is 2. The van der Waals surface area contributed by atoms with Crippen molar-refractivity contribution < 1.29 is 24.5 Å². The van der Waals surface area contributed by atoms with Crippen LogP contribution in [0.4, 0.5) is 5.69 Å². The SMILES string of the molecule is C[C@@H]([C@H](O)c1ccccc1)N(C)C[C@H]1C[C@@H](c2ccc(CO)cc2)O[C@@H](c2ccc(NC(=O)c3cccnc3)cc2)O1. The monoisotopic (exact) mass is 567 g/mol. The first-order valence-corrected chi connectivity index (χ1v) is 14.2. The van der Waals surface area contributed by atoms with E-state index in [0.717, 1.165) is 22.3 Å². The molecule has 0 spiro atoms. The van der Waals surface area contributed by atoms with Gasteiger partial charge in [-0.25, -0.2) is 0 Å². The summed E-state index contributed by atoms with van der Waals surface area (Å²) >= 11 is 0. The number of nitrogens with one attached hydrogen (secondary N) is 1. The minimum absolute atomic E-state index is 0.0176. The zero-order valence-electron chi connectivity index (χ0n) is 23.8. The van der Waals surface area contributed by atoms with E-state index >= 15 is 0 Å². The lowest BCUT2D eigenvalue weighted by atomic mass is 9.98. The predicted molar refractivity (Wildman–Crippen MR) is 161 cm³/mol. The highest BCUT2D eigenvalue weighted by atomic mass is 16.7. The normalized spacial score (nSPS) is 20.2. The van der Waals surface area contributed by atoms with Gasteiger partial charge in [-0.1, -0.05) is 66.7 Å². The Morgan fingerprint density at radius 3 is 2.36 bits per heavy atom. The largest absolute Gasteiger partial charge is 0.392 e. The molecule has 1 aliphatic rings. The quantitative estimate of drug-likeness (QED) is 0.235. The summed E-state index contributed by atoms with van der Waals surface area (Å²) < 4.78 is 12.9. The van der Waals surface area contributed by atoms with Crippen molar-refractivity contribution in [3.05, 3.63) is 131 Å². The zero-order valence-corrected chi connectivity index (χ0v) is 23.8. The molecule has 0 bridgehead atoms. The molecule has 0 radical (unpaired) electrons. The molecule has 42 heavy (non-hydrogen) atoms. The fourth-order valence-electron chi connectivity index (χ4n) is 5.11. The number of hydrogen-bond donors (Lipinski definition) is 3. The molecule has 0 aliphatic carbocycles. The van der Waals surface area contributed by atoms with Gasteiger partial charge in [-0.2, -0.15) is 0 Å². The number of pyridine rings is 1. The molecule has 1 saturated heterocycles. The first-order valence-electron chi connectivity index (χ1n) is 14.2. The smallest absolute Gasteiger partial charge is 0.257 e. The number of anilines is 1. The molecule has 1 fully saturated rings. The van der Waals surface area contributed by atoms with Gasteiger partial charge in [-0.05, 0) is 54.9 Å². The van der Waals surface area contributed by atoms with Crippen LogP contribution >= 0.6 is 0 Å². The van der Waals surface area contributed by atoms with Crippen LogP contribution < -0.4 is 5.32 Å². The van der Waals surface area contributed by atoms with Crippen molar-refractivity contribution in [1.29, 1.82) is 0 Å². The van der Waals surface area contributed by atoms with Gasteiger partial charge in [0.2, 0.25) is 0 Å². The number of carbonyl (C=O) groups excluding carboxylic acids is 1. The second-order valence-corrected chi connectivity index (χ2v) is 10.7. The lowest BCUT2D eigenvalue weighted by molar-refractivity contribution is -0.253. The number of amides is 1. The summed E-state index contributed by atoms with van der Waals surface area (Å²) in [6.07, 6.45) is 2.12. The Bertz CT molecular complexity index is 1420.